The van der Waals surface area contributed by atoms with Crippen molar-refractivity contribution in [1.29, 1.82) is 0 Å². The van der Waals surface area contributed by atoms with Crippen LogP contribution in [0.25, 0.3) is 22.3 Å². The van der Waals surface area contributed by atoms with Crippen LogP contribution in [0.3, 0.4) is 0 Å². The smallest absolute Gasteiger partial charge is 0.293 e. The summed E-state index contributed by atoms with van der Waals surface area (Å²) < 4.78 is 33.0. The van der Waals surface area contributed by atoms with E-state index in [1.807, 2.05) is 96.8 Å². The Kier molecular flexibility index (Phi) is 14.5. The zero-order chi connectivity index (χ0) is 41.7. The van der Waals surface area contributed by atoms with Crippen molar-refractivity contribution in [2.45, 2.75) is 13.8 Å². The van der Waals surface area contributed by atoms with Gasteiger partial charge in [0, 0.05) is 64.2 Å². The molecule has 2 aromatic heterocycles. The third-order valence-electron chi connectivity index (χ3n) is 7.96. The molecule has 0 amide bonds. The minimum absolute atomic E-state index is 0.130. The first-order valence-electron chi connectivity index (χ1n) is 16.7. The molecule has 2 heterocycles. The molecule has 0 aliphatic heterocycles. The van der Waals surface area contributed by atoms with Crippen LogP contribution in [0, 0.1) is 20.2 Å². The van der Waals surface area contributed by atoms with Crippen LogP contribution in [0.1, 0.15) is 34.6 Å². The number of hydrogen-bond donors (Lipinski definition) is 2. The predicted octanol–water partition coefficient (Wildman–Crippen LogP) is 7.73. The van der Waals surface area contributed by atoms with E-state index in [1.165, 1.54) is 26.0 Å². The third-order valence-corrected chi connectivity index (χ3v) is 8.37. The van der Waals surface area contributed by atoms with Gasteiger partial charge in [0.25, 0.3) is 11.4 Å². The van der Waals surface area contributed by atoms with E-state index in [9.17, 15) is 42.8 Å². The highest BCUT2D eigenvalue weighted by atomic mass is 32.3. The highest BCUT2D eigenvalue weighted by Crippen LogP contribution is 2.32. The van der Waals surface area contributed by atoms with Gasteiger partial charge in [-0.2, -0.15) is 0 Å². The Morgan fingerprint density at radius 1 is 0.684 bits per heavy atom. The monoisotopic (exact) mass is 792 g/mol. The van der Waals surface area contributed by atoms with E-state index in [4.69, 9.17) is 0 Å². The molecule has 16 nitrogen and oxygen atoms in total. The van der Waals surface area contributed by atoms with Gasteiger partial charge < -0.3 is 15.2 Å². The van der Waals surface area contributed by atoms with Crippen molar-refractivity contribution in [3.8, 4) is 22.3 Å². The molecule has 4 aromatic carbocycles. The van der Waals surface area contributed by atoms with E-state index < -0.39 is 20.2 Å². The number of Topliss-reactive ketones (excluding diaryl/α,β-unsaturated/α-hetero) is 2. The second kappa shape index (κ2) is 19.4. The Morgan fingerprint density at radius 2 is 1.14 bits per heavy atom. The summed E-state index contributed by atoms with van der Waals surface area (Å²) in [5.74, 6) is -0.424. The lowest BCUT2D eigenvalue weighted by Crippen LogP contribution is -2.26. The molecule has 0 aliphatic rings. The van der Waals surface area contributed by atoms with Crippen LogP contribution in [0.2, 0.25) is 0 Å². The number of aryl methyl sites for hydroxylation is 1. The van der Waals surface area contributed by atoms with Crippen LogP contribution in [-0.4, -0.2) is 46.5 Å². The van der Waals surface area contributed by atoms with E-state index in [0.29, 0.717) is 28.2 Å². The average molecular weight is 793 g/mol. The molecule has 6 rings (SSSR count). The van der Waals surface area contributed by atoms with Crippen molar-refractivity contribution in [2.75, 3.05) is 17.7 Å². The number of aromatic nitrogens is 2. The summed E-state index contributed by atoms with van der Waals surface area (Å²) in [7, 11) is -1.65. The van der Waals surface area contributed by atoms with Crippen LogP contribution in [-0.2, 0) is 21.6 Å². The zero-order valence-electron chi connectivity index (χ0n) is 31.0. The van der Waals surface area contributed by atoms with Crippen molar-refractivity contribution in [3.05, 3.63) is 165 Å². The molecule has 0 unspecified atom stereocenters. The summed E-state index contributed by atoms with van der Waals surface area (Å²) in [5.41, 5.74) is 6.40. The predicted molar refractivity (Wildman–Crippen MR) is 212 cm³/mol. The standard InChI is InChI=1S/C20H17N3O3.C19H15N3O3.CH4O4S/c1-14(24)15-8-9-19(20(12-15)23(25)26)21-18-7-3-5-16(11-18)17-6-4-10-22(2)13-17;1-13(23)14-7-8-18(19(11-14)22(24)25)21-17-6-2-4-15(10-17)16-5-3-9-20-12-16;1-5-6(2,3)4/h3-13H,1-2H3;2-12,21H,1H3;1H3,(H,2,3,4). The van der Waals surface area contributed by atoms with E-state index in [1.54, 1.807) is 36.7 Å². The molecule has 0 saturated heterocycles. The Morgan fingerprint density at radius 3 is 1.54 bits per heavy atom. The fourth-order valence-electron chi connectivity index (χ4n) is 5.17. The summed E-state index contributed by atoms with van der Waals surface area (Å²) in [4.78, 5) is 48.7. The van der Waals surface area contributed by atoms with Gasteiger partial charge in [-0.1, -0.05) is 30.3 Å². The first-order valence-corrected chi connectivity index (χ1v) is 18.1. The van der Waals surface area contributed by atoms with Crippen LogP contribution >= 0.6 is 0 Å². The average Bonchev–Trinajstić information content (AvgIpc) is 3.18. The second-order valence-electron chi connectivity index (χ2n) is 12.1. The van der Waals surface area contributed by atoms with Gasteiger partial charge in [-0.05, 0) is 85.6 Å². The van der Waals surface area contributed by atoms with Gasteiger partial charge in [-0.15, -0.1) is 0 Å². The van der Waals surface area contributed by atoms with Crippen LogP contribution < -0.4 is 15.2 Å². The van der Waals surface area contributed by atoms with Crippen molar-refractivity contribution in [2.24, 2.45) is 7.05 Å². The molecule has 0 spiro atoms. The van der Waals surface area contributed by atoms with Gasteiger partial charge in [0.1, 0.15) is 18.4 Å². The van der Waals surface area contributed by atoms with Crippen molar-refractivity contribution in [3.63, 3.8) is 0 Å². The van der Waals surface area contributed by atoms with E-state index in [-0.39, 0.29) is 22.9 Å². The summed E-state index contributed by atoms with van der Waals surface area (Å²) in [6, 6.07) is 31.7. The number of carbonyl (C=O) groups is 2. The number of hydrogen-bond acceptors (Lipinski definition) is 13. The maximum absolute atomic E-state index is 11.5. The number of anilines is 4. The Labute approximate surface area is 327 Å². The van der Waals surface area contributed by atoms with Gasteiger partial charge in [-0.3, -0.25) is 39.0 Å². The lowest BCUT2D eigenvalue weighted by molar-refractivity contribution is -0.671. The Hall–Kier alpha value is -7.21. The van der Waals surface area contributed by atoms with E-state index >= 15 is 0 Å². The number of pyridine rings is 2. The SMILES string of the molecule is CC(=O)c1ccc(Nc2cccc(-c3ccc[n+](C)c3)c2)c([N+](=O)[O-])c1.CC(=O)c1ccc(Nc2cccc(-c3cccnc3)c2)c([N+](=O)[O-])c1.COS(=O)(=O)[O-]. The first kappa shape index (κ1) is 42.5. The number of benzene rings is 4. The van der Waals surface area contributed by atoms with Crippen LogP contribution in [0.15, 0.2) is 134 Å². The van der Waals surface area contributed by atoms with Crippen molar-refractivity contribution >= 4 is 56.1 Å². The van der Waals surface area contributed by atoms with Gasteiger partial charge in [0.15, 0.2) is 24.0 Å². The van der Waals surface area contributed by atoms with E-state index in [0.717, 1.165) is 35.1 Å². The highest BCUT2D eigenvalue weighted by molar-refractivity contribution is 7.80. The Balaban J connectivity index is 0.000000221. The molecule has 57 heavy (non-hydrogen) atoms. The Bertz CT molecular complexity index is 2530. The normalized spacial score (nSPS) is 10.5. The molecule has 0 fully saturated rings. The lowest BCUT2D eigenvalue weighted by Gasteiger charge is -2.10. The van der Waals surface area contributed by atoms with Gasteiger partial charge in [-0.25, -0.2) is 13.0 Å². The van der Waals surface area contributed by atoms with Crippen molar-refractivity contribution in [1.82, 2.24) is 4.98 Å². The second-order valence-corrected chi connectivity index (χ2v) is 13.2. The van der Waals surface area contributed by atoms with E-state index in [2.05, 4.69) is 19.8 Å². The first-order chi connectivity index (χ1) is 27.0. The van der Waals surface area contributed by atoms with Crippen molar-refractivity contribution < 1.29 is 41.2 Å². The fourth-order valence-corrected chi connectivity index (χ4v) is 5.17. The van der Waals surface area contributed by atoms with Gasteiger partial charge in [0.05, 0.1) is 17.0 Å². The largest absolute Gasteiger partial charge is 0.726 e. The number of nitro benzene ring substituents is 2. The number of nitro groups is 2. The molecular weight excluding hydrogens is 757 g/mol. The summed E-state index contributed by atoms with van der Waals surface area (Å²) in [6.45, 7) is 2.76. The van der Waals surface area contributed by atoms with Crippen LogP contribution in [0.5, 0.6) is 0 Å². The molecule has 0 bridgehead atoms. The molecular formula is C40H36N6O10S. The molecule has 0 saturated carbocycles. The van der Waals surface area contributed by atoms with Crippen LogP contribution in [0.4, 0.5) is 34.1 Å². The highest BCUT2D eigenvalue weighted by Gasteiger charge is 2.18. The third kappa shape index (κ3) is 12.7. The number of nitrogens with one attached hydrogen (secondary N) is 2. The lowest BCUT2D eigenvalue weighted by atomic mass is 10.1. The fraction of sp³-hybridized carbons (Fsp3) is 0.100. The quantitative estimate of drug-likeness (QED) is 0.0320. The number of rotatable bonds is 11. The molecule has 0 aliphatic carbocycles. The van der Waals surface area contributed by atoms with Gasteiger partial charge >= 0.3 is 0 Å². The molecule has 2 N–H and O–H groups in total. The van der Waals surface area contributed by atoms with Gasteiger partial charge in [0.2, 0.25) is 10.4 Å². The molecule has 0 atom stereocenters. The number of nitrogens with zero attached hydrogens (tertiary/aromatic N) is 4. The summed E-state index contributed by atoms with van der Waals surface area (Å²) in [6.07, 6.45) is 7.41. The molecule has 6 aromatic rings. The maximum atomic E-state index is 11.5. The molecule has 0 radical (unpaired) electrons. The minimum atomic E-state index is -4.41. The number of carbonyl (C=O) groups excluding carboxylic acids is 2. The molecule has 17 heteroatoms. The summed E-state index contributed by atoms with van der Waals surface area (Å²) >= 11 is 0. The topological polar surface area (TPSA) is 228 Å². The zero-order valence-corrected chi connectivity index (χ0v) is 31.8. The minimum Gasteiger partial charge on any atom is -0.726 e. The summed E-state index contributed by atoms with van der Waals surface area (Å²) in [5, 5.41) is 28.8. The maximum Gasteiger partial charge on any atom is 0.293 e. The molecule has 292 valence electrons. The number of ketones is 2.